The van der Waals surface area contributed by atoms with E-state index < -0.39 is 0 Å². The van der Waals surface area contributed by atoms with Crippen LogP contribution >= 0.6 is 0 Å². The maximum atomic E-state index is 5.42. The molecule has 4 aromatic rings. The van der Waals surface area contributed by atoms with Crippen molar-refractivity contribution in [2.45, 2.75) is 19.5 Å². The van der Waals surface area contributed by atoms with Crippen LogP contribution in [0.4, 0.5) is 0 Å². The van der Waals surface area contributed by atoms with Gasteiger partial charge in [0.2, 0.25) is 0 Å². The summed E-state index contributed by atoms with van der Waals surface area (Å²) in [5, 5.41) is 0. The molecule has 7 heteroatoms. The van der Waals surface area contributed by atoms with Crippen molar-refractivity contribution >= 4 is 0 Å². The van der Waals surface area contributed by atoms with Gasteiger partial charge >= 0.3 is 0 Å². The van der Waals surface area contributed by atoms with E-state index in [0.29, 0.717) is 23.1 Å². The van der Waals surface area contributed by atoms with E-state index in [1.165, 1.54) is 11.1 Å². The number of nitrogens with zero attached hydrogens (tertiary/aromatic N) is 4. The first-order valence-electron chi connectivity index (χ1n) is 10.5. The highest BCUT2D eigenvalue weighted by Crippen LogP contribution is 2.31. The summed E-state index contributed by atoms with van der Waals surface area (Å²) >= 11 is 0. The average Bonchev–Trinajstić information content (AvgIpc) is 3.39. The summed E-state index contributed by atoms with van der Waals surface area (Å²) in [6.45, 7) is 2.60. The molecular formula is C25H24N4O3. The monoisotopic (exact) mass is 428 g/mol. The fourth-order valence-corrected chi connectivity index (χ4v) is 3.98. The molecule has 32 heavy (non-hydrogen) atoms. The molecule has 0 aliphatic carbocycles. The van der Waals surface area contributed by atoms with Gasteiger partial charge in [-0.05, 0) is 42.0 Å². The maximum absolute atomic E-state index is 5.42. The zero-order valence-electron chi connectivity index (χ0n) is 18.1. The number of hydrogen-bond donors (Lipinski definition) is 0. The number of benzene rings is 1. The zero-order valence-corrected chi connectivity index (χ0v) is 18.1. The molecule has 0 bridgehead atoms. The van der Waals surface area contributed by atoms with Crippen LogP contribution in [0.5, 0.6) is 11.5 Å². The van der Waals surface area contributed by atoms with Crippen molar-refractivity contribution in [3.05, 3.63) is 77.9 Å². The molecule has 1 aliphatic heterocycles. The van der Waals surface area contributed by atoms with Gasteiger partial charge in [-0.25, -0.2) is 9.97 Å². The molecule has 0 atom stereocenters. The van der Waals surface area contributed by atoms with Gasteiger partial charge in [0.1, 0.15) is 0 Å². The quantitative estimate of drug-likeness (QED) is 0.451. The Kier molecular flexibility index (Phi) is 5.56. The van der Waals surface area contributed by atoms with E-state index in [-0.39, 0.29) is 0 Å². The SMILES string of the molecule is COc1ccc(-c2ccc(CN3CCc4nc(-c5ccco5)ncc4C3)cn2)cc1OC. The molecule has 0 radical (unpaired) electrons. The lowest BCUT2D eigenvalue weighted by Gasteiger charge is -2.27. The molecule has 3 aromatic heterocycles. The summed E-state index contributed by atoms with van der Waals surface area (Å²) in [5.74, 6) is 2.76. The number of methoxy groups -OCH3 is 2. The third-order valence-electron chi connectivity index (χ3n) is 5.66. The van der Waals surface area contributed by atoms with E-state index in [1.807, 2.05) is 48.8 Å². The first kappa shape index (κ1) is 20.2. The molecule has 4 heterocycles. The van der Waals surface area contributed by atoms with Gasteiger partial charge < -0.3 is 13.9 Å². The zero-order chi connectivity index (χ0) is 21.9. The second kappa shape index (κ2) is 8.80. The molecule has 0 fully saturated rings. The minimum Gasteiger partial charge on any atom is -0.493 e. The summed E-state index contributed by atoms with van der Waals surface area (Å²) in [6, 6.07) is 13.7. The Morgan fingerprint density at radius 3 is 2.66 bits per heavy atom. The minimum absolute atomic E-state index is 0.650. The molecule has 0 amide bonds. The highest BCUT2D eigenvalue weighted by molar-refractivity contribution is 5.64. The van der Waals surface area contributed by atoms with Crippen LogP contribution in [0.3, 0.4) is 0 Å². The van der Waals surface area contributed by atoms with Crippen LogP contribution in [0.15, 0.2) is 65.5 Å². The minimum atomic E-state index is 0.650. The van der Waals surface area contributed by atoms with Crippen molar-refractivity contribution in [3.63, 3.8) is 0 Å². The summed E-state index contributed by atoms with van der Waals surface area (Å²) in [4.78, 5) is 16.3. The second-order valence-corrected chi connectivity index (χ2v) is 7.72. The fraction of sp³-hybridized carbons (Fsp3) is 0.240. The second-order valence-electron chi connectivity index (χ2n) is 7.72. The molecular weight excluding hydrogens is 404 g/mol. The van der Waals surface area contributed by atoms with E-state index in [0.717, 1.165) is 43.0 Å². The number of aromatic nitrogens is 3. The first-order valence-corrected chi connectivity index (χ1v) is 10.5. The summed E-state index contributed by atoms with van der Waals surface area (Å²) < 4.78 is 16.1. The summed E-state index contributed by atoms with van der Waals surface area (Å²) in [7, 11) is 3.27. The molecule has 162 valence electrons. The van der Waals surface area contributed by atoms with Crippen LogP contribution in [0.25, 0.3) is 22.8 Å². The number of hydrogen-bond acceptors (Lipinski definition) is 7. The predicted octanol–water partition coefficient (Wildman–Crippen LogP) is 4.37. The molecule has 0 saturated carbocycles. The fourth-order valence-electron chi connectivity index (χ4n) is 3.98. The van der Waals surface area contributed by atoms with Crippen molar-refractivity contribution in [2.75, 3.05) is 20.8 Å². The number of ether oxygens (including phenoxy) is 2. The van der Waals surface area contributed by atoms with Gasteiger partial charge in [0.05, 0.1) is 31.9 Å². The van der Waals surface area contributed by atoms with E-state index in [2.05, 4.69) is 20.9 Å². The lowest BCUT2D eigenvalue weighted by atomic mass is 10.1. The van der Waals surface area contributed by atoms with Crippen molar-refractivity contribution < 1.29 is 13.9 Å². The molecule has 0 saturated heterocycles. The molecule has 7 nitrogen and oxygen atoms in total. The Morgan fingerprint density at radius 2 is 1.91 bits per heavy atom. The standard InChI is InChI=1S/C25H24N4O3/c1-30-22-8-6-18(12-24(22)31-2)20-7-5-17(13-26-20)15-29-10-9-21-19(16-29)14-27-25(28-21)23-4-3-11-32-23/h3-8,11-14H,9-10,15-16H2,1-2H3. The largest absolute Gasteiger partial charge is 0.493 e. The van der Waals surface area contributed by atoms with Gasteiger partial charge in [-0.3, -0.25) is 9.88 Å². The van der Waals surface area contributed by atoms with Crippen molar-refractivity contribution in [2.24, 2.45) is 0 Å². The number of furan rings is 1. The van der Waals surface area contributed by atoms with E-state index in [1.54, 1.807) is 20.5 Å². The van der Waals surface area contributed by atoms with Gasteiger partial charge in [0.25, 0.3) is 0 Å². The third kappa shape index (κ3) is 4.07. The van der Waals surface area contributed by atoms with Gasteiger partial charge in [0.15, 0.2) is 23.1 Å². The summed E-state index contributed by atoms with van der Waals surface area (Å²) in [6.07, 6.45) is 6.40. The van der Waals surface area contributed by atoms with Crippen molar-refractivity contribution in [1.29, 1.82) is 0 Å². The molecule has 1 aliphatic rings. The Morgan fingerprint density at radius 1 is 1.00 bits per heavy atom. The van der Waals surface area contributed by atoms with Crippen LogP contribution in [0.2, 0.25) is 0 Å². The molecule has 5 rings (SSSR count). The van der Waals surface area contributed by atoms with E-state index in [4.69, 9.17) is 18.9 Å². The Hall–Kier alpha value is -3.71. The smallest absolute Gasteiger partial charge is 0.195 e. The molecule has 1 aromatic carbocycles. The number of pyridine rings is 1. The van der Waals surface area contributed by atoms with Crippen molar-refractivity contribution in [3.8, 4) is 34.3 Å². The Bertz CT molecular complexity index is 1210. The Balaban J connectivity index is 1.27. The molecule has 0 unspecified atom stereocenters. The number of rotatable bonds is 6. The maximum Gasteiger partial charge on any atom is 0.195 e. The Labute approximate surface area is 186 Å². The van der Waals surface area contributed by atoms with Crippen LogP contribution < -0.4 is 9.47 Å². The van der Waals surface area contributed by atoms with Crippen LogP contribution in [-0.4, -0.2) is 40.6 Å². The normalized spacial score (nSPS) is 13.6. The van der Waals surface area contributed by atoms with Gasteiger partial charge in [-0.2, -0.15) is 0 Å². The highest BCUT2D eigenvalue weighted by atomic mass is 16.5. The van der Waals surface area contributed by atoms with E-state index in [9.17, 15) is 0 Å². The average molecular weight is 428 g/mol. The van der Waals surface area contributed by atoms with Gasteiger partial charge in [0, 0.05) is 49.6 Å². The lowest BCUT2D eigenvalue weighted by molar-refractivity contribution is 0.242. The topological polar surface area (TPSA) is 73.5 Å². The van der Waals surface area contributed by atoms with E-state index >= 15 is 0 Å². The van der Waals surface area contributed by atoms with Crippen LogP contribution in [-0.2, 0) is 19.5 Å². The highest BCUT2D eigenvalue weighted by Gasteiger charge is 2.19. The molecule has 0 spiro atoms. The van der Waals surface area contributed by atoms with Gasteiger partial charge in [-0.15, -0.1) is 0 Å². The number of fused-ring (bicyclic) bond motifs is 1. The first-order chi connectivity index (χ1) is 15.7. The van der Waals surface area contributed by atoms with Crippen LogP contribution in [0.1, 0.15) is 16.8 Å². The van der Waals surface area contributed by atoms with Gasteiger partial charge in [-0.1, -0.05) is 6.07 Å². The van der Waals surface area contributed by atoms with Crippen molar-refractivity contribution in [1.82, 2.24) is 19.9 Å². The summed E-state index contributed by atoms with van der Waals surface area (Å²) in [5.41, 5.74) is 5.33. The predicted molar refractivity (Wildman–Crippen MR) is 120 cm³/mol. The van der Waals surface area contributed by atoms with Crippen LogP contribution in [0, 0.1) is 0 Å². The lowest BCUT2D eigenvalue weighted by Crippen LogP contribution is -2.31. The molecule has 0 N–H and O–H groups in total. The third-order valence-corrected chi connectivity index (χ3v) is 5.66.